The highest BCUT2D eigenvalue weighted by atomic mass is 35.5. The molecule has 0 heterocycles. The summed E-state index contributed by atoms with van der Waals surface area (Å²) in [6.07, 6.45) is 0.897. The monoisotopic (exact) mass is 307 g/mol. The molecule has 1 N–H and O–H groups in total. The predicted molar refractivity (Wildman–Crippen MR) is 87.8 cm³/mol. The number of hydrogen-bond acceptors (Lipinski definition) is 1. The molecule has 0 aliphatic rings. The Balaban J connectivity index is 2.20. The van der Waals surface area contributed by atoms with Gasteiger partial charge in [-0.2, -0.15) is 0 Å². The van der Waals surface area contributed by atoms with Gasteiger partial charge in [0.1, 0.15) is 0 Å². The van der Waals surface area contributed by atoms with Gasteiger partial charge in [-0.05, 0) is 43.1 Å². The second kappa shape index (κ2) is 7.12. The zero-order valence-electron chi connectivity index (χ0n) is 11.8. The van der Waals surface area contributed by atoms with Crippen LogP contribution < -0.4 is 5.32 Å². The van der Waals surface area contributed by atoms with Gasteiger partial charge in [0, 0.05) is 6.04 Å². The van der Waals surface area contributed by atoms with E-state index in [0.717, 1.165) is 13.0 Å². The summed E-state index contributed by atoms with van der Waals surface area (Å²) >= 11 is 12.1. The molecule has 0 saturated carbocycles. The maximum atomic E-state index is 6.09. The van der Waals surface area contributed by atoms with Crippen LogP contribution in [0.4, 0.5) is 0 Å². The van der Waals surface area contributed by atoms with Crippen LogP contribution in [0.25, 0.3) is 0 Å². The standard InChI is InChI=1S/C17H19Cl2N/c1-3-20-17(14-7-4-12(2)5-8-14)11-13-6-9-15(18)16(19)10-13/h4-10,17,20H,3,11H2,1-2H3. The fraction of sp³-hybridized carbons (Fsp3) is 0.294. The van der Waals surface area contributed by atoms with Gasteiger partial charge < -0.3 is 5.32 Å². The lowest BCUT2D eigenvalue weighted by molar-refractivity contribution is 0.550. The Morgan fingerprint density at radius 3 is 2.30 bits per heavy atom. The maximum absolute atomic E-state index is 6.09. The second-order valence-electron chi connectivity index (χ2n) is 4.97. The first-order valence-electron chi connectivity index (χ1n) is 6.84. The molecule has 3 heteroatoms. The van der Waals surface area contributed by atoms with E-state index in [4.69, 9.17) is 23.2 Å². The van der Waals surface area contributed by atoms with Crippen LogP contribution in [-0.2, 0) is 6.42 Å². The molecule has 1 unspecified atom stereocenters. The molecule has 0 aliphatic carbocycles. The highest BCUT2D eigenvalue weighted by molar-refractivity contribution is 6.42. The summed E-state index contributed by atoms with van der Waals surface area (Å²) in [5.74, 6) is 0. The Hall–Kier alpha value is -1.02. The van der Waals surface area contributed by atoms with Crippen LogP contribution in [-0.4, -0.2) is 6.54 Å². The summed E-state index contributed by atoms with van der Waals surface area (Å²) in [6, 6.07) is 14.8. The van der Waals surface area contributed by atoms with Gasteiger partial charge >= 0.3 is 0 Å². The normalized spacial score (nSPS) is 12.4. The Kier molecular flexibility index (Phi) is 5.47. The van der Waals surface area contributed by atoms with Crippen molar-refractivity contribution >= 4 is 23.2 Å². The molecule has 0 radical (unpaired) electrons. The number of halogens is 2. The third kappa shape index (κ3) is 3.99. The number of likely N-dealkylation sites (N-methyl/N-ethyl adjacent to an activating group) is 1. The molecule has 1 atom stereocenters. The van der Waals surface area contributed by atoms with Gasteiger partial charge in [0.2, 0.25) is 0 Å². The zero-order valence-corrected chi connectivity index (χ0v) is 13.3. The summed E-state index contributed by atoms with van der Waals surface area (Å²) in [6.45, 7) is 5.15. The fourth-order valence-corrected chi connectivity index (χ4v) is 2.58. The maximum Gasteiger partial charge on any atom is 0.0595 e. The minimum absolute atomic E-state index is 0.290. The Morgan fingerprint density at radius 2 is 1.70 bits per heavy atom. The Labute approximate surface area is 130 Å². The van der Waals surface area contributed by atoms with Crippen molar-refractivity contribution < 1.29 is 0 Å². The van der Waals surface area contributed by atoms with Crippen molar-refractivity contribution in [3.63, 3.8) is 0 Å². The van der Waals surface area contributed by atoms with Crippen LogP contribution in [0.2, 0.25) is 10.0 Å². The Bertz CT molecular complexity index is 564. The minimum atomic E-state index is 0.290. The van der Waals surface area contributed by atoms with E-state index in [2.05, 4.69) is 43.4 Å². The van der Waals surface area contributed by atoms with E-state index in [1.807, 2.05) is 18.2 Å². The van der Waals surface area contributed by atoms with Crippen molar-refractivity contribution in [1.82, 2.24) is 5.32 Å². The van der Waals surface area contributed by atoms with Gasteiger partial charge in [-0.15, -0.1) is 0 Å². The Morgan fingerprint density at radius 1 is 1.00 bits per heavy atom. The fourth-order valence-electron chi connectivity index (χ4n) is 2.26. The molecule has 0 aliphatic heterocycles. The molecule has 106 valence electrons. The first-order chi connectivity index (χ1) is 9.60. The molecule has 2 rings (SSSR count). The van der Waals surface area contributed by atoms with E-state index in [1.165, 1.54) is 16.7 Å². The van der Waals surface area contributed by atoms with Crippen LogP contribution in [0.5, 0.6) is 0 Å². The zero-order chi connectivity index (χ0) is 14.5. The molecular formula is C17H19Cl2N. The van der Waals surface area contributed by atoms with Gasteiger partial charge in [0.15, 0.2) is 0 Å². The number of hydrogen-bond donors (Lipinski definition) is 1. The topological polar surface area (TPSA) is 12.0 Å². The summed E-state index contributed by atoms with van der Waals surface area (Å²) in [5.41, 5.74) is 3.76. The number of nitrogens with one attached hydrogen (secondary N) is 1. The highest BCUT2D eigenvalue weighted by Crippen LogP contribution is 2.26. The SMILES string of the molecule is CCNC(Cc1ccc(Cl)c(Cl)c1)c1ccc(C)cc1. The van der Waals surface area contributed by atoms with Crippen LogP contribution in [0, 0.1) is 6.92 Å². The molecular weight excluding hydrogens is 289 g/mol. The summed E-state index contributed by atoms with van der Waals surface area (Å²) in [7, 11) is 0. The lowest BCUT2D eigenvalue weighted by atomic mass is 9.98. The van der Waals surface area contributed by atoms with Crippen LogP contribution >= 0.6 is 23.2 Å². The van der Waals surface area contributed by atoms with Crippen LogP contribution in [0.1, 0.15) is 29.7 Å². The van der Waals surface area contributed by atoms with Crippen molar-refractivity contribution in [2.75, 3.05) is 6.54 Å². The highest BCUT2D eigenvalue weighted by Gasteiger charge is 2.11. The average molecular weight is 308 g/mol. The van der Waals surface area contributed by atoms with E-state index in [-0.39, 0.29) is 6.04 Å². The molecule has 0 saturated heterocycles. The van der Waals surface area contributed by atoms with E-state index in [0.29, 0.717) is 10.0 Å². The number of aryl methyl sites for hydroxylation is 1. The predicted octanol–water partition coefficient (Wildman–Crippen LogP) is 5.20. The van der Waals surface area contributed by atoms with Crippen molar-refractivity contribution in [1.29, 1.82) is 0 Å². The molecule has 2 aromatic carbocycles. The quantitative estimate of drug-likeness (QED) is 0.801. The lowest BCUT2D eigenvalue weighted by Gasteiger charge is -2.19. The lowest BCUT2D eigenvalue weighted by Crippen LogP contribution is -2.22. The smallest absolute Gasteiger partial charge is 0.0595 e. The van der Waals surface area contributed by atoms with Crippen molar-refractivity contribution in [2.45, 2.75) is 26.3 Å². The van der Waals surface area contributed by atoms with Gasteiger partial charge in [0.25, 0.3) is 0 Å². The molecule has 0 amide bonds. The second-order valence-corrected chi connectivity index (χ2v) is 5.79. The van der Waals surface area contributed by atoms with E-state index in [1.54, 1.807) is 0 Å². The first-order valence-corrected chi connectivity index (χ1v) is 7.59. The van der Waals surface area contributed by atoms with Crippen LogP contribution in [0.3, 0.4) is 0 Å². The number of benzene rings is 2. The number of rotatable bonds is 5. The van der Waals surface area contributed by atoms with Gasteiger partial charge in [-0.1, -0.05) is 66.0 Å². The molecule has 2 aromatic rings. The summed E-state index contributed by atoms with van der Waals surface area (Å²) < 4.78 is 0. The van der Waals surface area contributed by atoms with Crippen LogP contribution in [0.15, 0.2) is 42.5 Å². The van der Waals surface area contributed by atoms with Crippen molar-refractivity contribution in [3.05, 3.63) is 69.2 Å². The van der Waals surface area contributed by atoms with Crippen molar-refractivity contribution in [2.24, 2.45) is 0 Å². The molecule has 0 fully saturated rings. The third-order valence-electron chi connectivity index (χ3n) is 3.35. The minimum Gasteiger partial charge on any atom is -0.310 e. The average Bonchev–Trinajstić information content (AvgIpc) is 2.43. The van der Waals surface area contributed by atoms with E-state index in [9.17, 15) is 0 Å². The third-order valence-corrected chi connectivity index (χ3v) is 4.09. The molecule has 20 heavy (non-hydrogen) atoms. The van der Waals surface area contributed by atoms with Gasteiger partial charge in [0.05, 0.1) is 10.0 Å². The first kappa shape index (κ1) is 15.4. The summed E-state index contributed by atoms with van der Waals surface area (Å²) in [5, 5.41) is 4.74. The van der Waals surface area contributed by atoms with Gasteiger partial charge in [-0.25, -0.2) is 0 Å². The largest absolute Gasteiger partial charge is 0.310 e. The van der Waals surface area contributed by atoms with Crippen molar-refractivity contribution in [3.8, 4) is 0 Å². The molecule has 1 nitrogen and oxygen atoms in total. The molecule has 0 spiro atoms. The van der Waals surface area contributed by atoms with Gasteiger partial charge in [-0.3, -0.25) is 0 Å². The molecule has 0 bridgehead atoms. The van der Waals surface area contributed by atoms with E-state index >= 15 is 0 Å². The summed E-state index contributed by atoms with van der Waals surface area (Å²) in [4.78, 5) is 0. The van der Waals surface area contributed by atoms with E-state index < -0.39 is 0 Å². The molecule has 0 aromatic heterocycles.